The number of amides is 1. The number of nitrogens with zero attached hydrogens (tertiary/aromatic N) is 3. The third-order valence-electron chi connectivity index (χ3n) is 4.07. The number of nitrogens with one attached hydrogen (secondary N) is 1. The van der Waals surface area contributed by atoms with Gasteiger partial charge in [-0.25, -0.2) is 9.97 Å². The van der Waals surface area contributed by atoms with Gasteiger partial charge in [-0.1, -0.05) is 0 Å². The minimum atomic E-state index is -0.0490. The first-order valence-electron chi connectivity index (χ1n) is 8.14. The smallest absolute Gasteiger partial charge is 0.272 e. The molecule has 0 bridgehead atoms. The Kier molecular flexibility index (Phi) is 4.84. The van der Waals surface area contributed by atoms with Crippen LogP contribution in [0.1, 0.15) is 47.0 Å². The van der Waals surface area contributed by atoms with Gasteiger partial charge in [0, 0.05) is 30.5 Å². The summed E-state index contributed by atoms with van der Waals surface area (Å²) in [6.07, 6.45) is 4.85. The molecule has 0 saturated carbocycles. The monoisotopic (exact) mass is 324 g/mol. The zero-order valence-corrected chi connectivity index (χ0v) is 13.7. The third kappa shape index (κ3) is 3.76. The van der Waals surface area contributed by atoms with Gasteiger partial charge in [-0.2, -0.15) is 0 Å². The average Bonchev–Trinajstić information content (AvgIpc) is 2.62. The molecule has 1 aliphatic heterocycles. The molecule has 1 aromatic heterocycles. The molecule has 0 atom stereocenters. The van der Waals surface area contributed by atoms with Crippen LogP contribution >= 0.6 is 0 Å². The number of rotatable bonds is 4. The molecule has 0 unspecified atom stereocenters. The Labute approximate surface area is 140 Å². The highest BCUT2D eigenvalue weighted by Gasteiger charge is 2.19. The van der Waals surface area contributed by atoms with Crippen molar-refractivity contribution in [2.75, 3.05) is 18.4 Å². The molecule has 0 spiro atoms. The third-order valence-corrected chi connectivity index (χ3v) is 4.07. The number of carbonyl (C=O) groups excluding carboxylic acids is 2. The number of Topliss-reactive ketones (excluding diaryl/α,β-unsaturated/α-hetero) is 1. The summed E-state index contributed by atoms with van der Waals surface area (Å²) in [5.41, 5.74) is 1.81. The van der Waals surface area contributed by atoms with E-state index >= 15 is 0 Å². The van der Waals surface area contributed by atoms with E-state index in [2.05, 4.69) is 15.3 Å². The summed E-state index contributed by atoms with van der Waals surface area (Å²) in [7, 11) is 0. The zero-order chi connectivity index (χ0) is 16.9. The SMILES string of the molecule is CC(=O)c1ccc(Nc2nccc(C(=O)N3CCCCC3)n2)cc1. The normalized spacial score (nSPS) is 14.3. The van der Waals surface area contributed by atoms with Crippen molar-refractivity contribution in [3.63, 3.8) is 0 Å². The molecule has 1 aromatic carbocycles. The van der Waals surface area contributed by atoms with E-state index in [9.17, 15) is 9.59 Å². The lowest BCUT2D eigenvalue weighted by Gasteiger charge is -2.26. The number of ketones is 1. The lowest BCUT2D eigenvalue weighted by Crippen LogP contribution is -2.36. The van der Waals surface area contributed by atoms with Gasteiger partial charge in [0.05, 0.1) is 0 Å². The molecule has 2 aromatic rings. The molecule has 3 rings (SSSR count). The minimum Gasteiger partial charge on any atom is -0.337 e. The van der Waals surface area contributed by atoms with Gasteiger partial charge in [-0.3, -0.25) is 9.59 Å². The van der Waals surface area contributed by atoms with Crippen molar-refractivity contribution in [3.05, 3.63) is 47.8 Å². The number of carbonyl (C=O) groups is 2. The van der Waals surface area contributed by atoms with E-state index in [0.717, 1.165) is 31.6 Å². The van der Waals surface area contributed by atoms with Gasteiger partial charge in [0.15, 0.2) is 5.78 Å². The second kappa shape index (κ2) is 7.21. The van der Waals surface area contributed by atoms with Crippen LogP contribution in [0.25, 0.3) is 0 Å². The van der Waals surface area contributed by atoms with E-state index in [4.69, 9.17) is 0 Å². The molecule has 1 fully saturated rings. The van der Waals surface area contributed by atoms with Crippen LogP contribution in [0.4, 0.5) is 11.6 Å². The Morgan fingerprint density at radius 1 is 1.04 bits per heavy atom. The van der Waals surface area contributed by atoms with Crippen LogP contribution in [-0.4, -0.2) is 39.6 Å². The molecule has 124 valence electrons. The summed E-state index contributed by atoms with van der Waals surface area (Å²) in [6.45, 7) is 3.11. The van der Waals surface area contributed by atoms with E-state index in [1.807, 2.05) is 4.90 Å². The highest BCUT2D eigenvalue weighted by molar-refractivity contribution is 5.94. The maximum absolute atomic E-state index is 12.5. The molecule has 1 N–H and O–H groups in total. The molecule has 6 nitrogen and oxygen atoms in total. The quantitative estimate of drug-likeness (QED) is 0.875. The van der Waals surface area contributed by atoms with E-state index in [1.165, 1.54) is 13.3 Å². The summed E-state index contributed by atoms with van der Waals surface area (Å²) in [6, 6.07) is 8.71. The summed E-state index contributed by atoms with van der Waals surface area (Å²) in [4.78, 5) is 34.1. The number of anilines is 2. The molecule has 1 aliphatic rings. The van der Waals surface area contributed by atoms with E-state index in [0.29, 0.717) is 17.2 Å². The van der Waals surface area contributed by atoms with E-state index in [1.54, 1.807) is 36.5 Å². The van der Waals surface area contributed by atoms with Crippen LogP contribution in [0.5, 0.6) is 0 Å². The highest BCUT2D eigenvalue weighted by atomic mass is 16.2. The fraction of sp³-hybridized carbons (Fsp3) is 0.333. The van der Waals surface area contributed by atoms with Crippen molar-refractivity contribution in [2.45, 2.75) is 26.2 Å². The van der Waals surface area contributed by atoms with Crippen LogP contribution in [0.3, 0.4) is 0 Å². The molecule has 2 heterocycles. The number of likely N-dealkylation sites (tertiary alicyclic amines) is 1. The molecule has 0 aliphatic carbocycles. The molecule has 0 radical (unpaired) electrons. The predicted octanol–water partition coefficient (Wildman–Crippen LogP) is 3.05. The Morgan fingerprint density at radius 2 is 1.75 bits per heavy atom. The van der Waals surface area contributed by atoms with Gasteiger partial charge in [0.1, 0.15) is 5.69 Å². The van der Waals surface area contributed by atoms with E-state index < -0.39 is 0 Å². The predicted molar refractivity (Wildman–Crippen MR) is 91.5 cm³/mol. The van der Waals surface area contributed by atoms with Crippen molar-refractivity contribution >= 4 is 23.3 Å². The second-order valence-electron chi connectivity index (χ2n) is 5.88. The fourth-order valence-corrected chi connectivity index (χ4v) is 2.71. The van der Waals surface area contributed by atoms with Crippen LogP contribution in [-0.2, 0) is 0 Å². The maximum Gasteiger partial charge on any atom is 0.272 e. The standard InChI is InChI=1S/C18H20N4O2/c1-13(23)14-5-7-15(8-6-14)20-18-19-10-9-16(21-18)17(24)22-11-3-2-4-12-22/h5-10H,2-4,11-12H2,1H3,(H,19,20,21). The first kappa shape index (κ1) is 16.1. The molecular weight excluding hydrogens is 304 g/mol. The largest absolute Gasteiger partial charge is 0.337 e. The molecular formula is C18H20N4O2. The Balaban J connectivity index is 1.72. The zero-order valence-electron chi connectivity index (χ0n) is 13.7. The van der Waals surface area contributed by atoms with Crippen molar-refractivity contribution in [1.29, 1.82) is 0 Å². The topological polar surface area (TPSA) is 75.2 Å². The van der Waals surface area contributed by atoms with Gasteiger partial charge < -0.3 is 10.2 Å². The lowest BCUT2D eigenvalue weighted by molar-refractivity contribution is 0.0718. The summed E-state index contributed by atoms with van der Waals surface area (Å²) in [5.74, 6) is 0.340. The van der Waals surface area contributed by atoms with Gasteiger partial charge in [-0.05, 0) is 56.5 Å². The summed E-state index contributed by atoms with van der Waals surface area (Å²) >= 11 is 0. The van der Waals surface area contributed by atoms with Gasteiger partial charge >= 0.3 is 0 Å². The molecule has 1 amide bonds. The van der Waals surface area contributed by atoms with Crippen LogP contribution in [0.2, 0.25) is 0 Å². The number of hydrogen-bond donors (Lipinski definition) is 1. The number of hydrogen-bond acceptors (Lipinski definition) is 5. The lowest BCUT2D eigenvalue weighted by atomic mass is 10.1. The fourth-order valence-electron chi connectivity index (χ4n) is 2.71. The summed E-state index contributed by atoms with van der Waals surface area (Å²) in [5, 5.41) is 3.06. The maximum atomic E-state index is 12.5. The highest BCUT2D eigenvalue weighted by Crippen LogP contribution is 2.16. The van der Waals surface area contributed by atoms with Crippen LogP contribution < -0.4 is 5.32 Å². The van der Waals surface area contributed by atoms with Crippen LogP contribution in [0, 0.1) is 0 Å². The van der Waals surface area contributed by atoms with Gasteiger partial charge in [0.25, 0.3) is 5.91 Å². The van der Waals surface area contributed by atoms with E-state index in [-0.39, 0.29) is 11.7 Å². The van der Waals surface area contributed by atoms with Crippen LogP contribution in [0.15, 0.2) is 36.5 Å². The number of aromatic nitrogens is 2. The molecule has 6 heteroatoms. The first-order chi connectivity index (χ1) is 11.6. The minimum absolute atomic E-state index is 0.0203. The summed E-state index contributed by atoms with van der Waals surface area (Å²) < 4.78 is 0. The number of benzene rings is 1. The number of piperidine rings is 1. The first-order valence-corrected chi connectivity index (χ1v) is 8.14. The van der Waals surface area contributed by atoms with Gasteiger partial charge in [0.2, 0.25) is 5.95 Å². The van der Waals surface area contributed by atoms with Crippen molar-refractivity contribution in [3.8, 4) is 0 Å². The van der Waals surface area contributed by atoms with Crippen molar-refractivity contribution < 1.29 is 9.59 Å². The molecule has 1 saturated heterocycles. The van der Waals surface area contributed by atoms with Crippen molar-refractivity contribution in [1.82, 2.24) is 14.9 Å². The second-order valence-corrected chi connectivity index (χ2v) is 5.88. The Hall–Kier alpha value is -2.76. The van der Waals surface area contributed by atoms with Crippen molar-refractivity contribution in [2.24, 2.45) is 0 Å². The Bertz CT molecular complexity index is 737. The average molecular weight is 324 g/mol. The molecule has 24 heavy (non-hydrogen) atoms. The van der Waals surface area contributed by atoms with Gasteiger partial charge in [-0.15, -0.1) is 0 Å². The Morgan fingerprint density at radius 3 is 2.42 bits per heavy atom.